The van der Waals surface area contributed by atoms with E-state index in [4.69, 9.17) is 16.3 Å². The molecule has 2 unspecified atom stereocenters. The fraction of sp³-hybridized carbons (Fsp3) is 0.333. The highest BCUT2D eigenvalue weighted by Gasteiger charge is 2.16. The van der Waals surface area contributed by atoms with Crippen LogP contribution in [0.4, 0.5) is 0 Å². The maximum absolute atomic E-state index is 9.49. The minimum absolute atomic E-state index is 0.0835. The Morgan fingerprint density at radius 1 is 1.41 bits per heavy atom. The van der Waals surface area contributed by atoms with Crippen molar-refractivity contribution in [1.82, 2.24) is 0 Å². The van der Waals surface area contributed by atoms with Gasteiger partial charge in [0.05, 0.1) is 11.6 Å². The van der Waals surface area contributed by atoms with Crippen LogP contribution in [0.15, 0.2) is 54.5 Å². The Morgan fingerprint density at radius 2 is 2.09 bits per heavy atom. The summed E-state index contributed by atoms with van der Waals surface area (Å²) in [7, 11) is 0. The first-order valence-corrected chi connectivity index (χ1v) is 7.57. The lowest BCUT2D eigenvalue weighted by Crippen LogP contribution is -2.13. The molecule has 2 atom stereocenters. The van der Waals surface area contributed by atoms with Crippen molar-refractivity contribution in [3.8, 4) is 5.75 Å². The Morgan fingerprint density at radius 3 is 2.64 bits per heavy atom. The smallest absolute Gasteiger partial charge is 0.134 e. The zero-order chi connectivity index (χ0) is 16.7. The third-order valence-electron chi connectivity index (χ3n) is 3.65. The van der Waals surface area contributed by atoms with Crippen molar-refractivity contribution < 1.29 is 14.9 Å². The minimum atomic E-state index is 0.0835. The van der Waals surface area contributed by atoms with E-state index in [1.54, 1.807) is 31.2 Å². The molecule has 0 fully saturated rings. The number of hydrogen-bond donors (Lipinski definition) is 2. The van der Waals surface area contributed by atoms with Crippen LogP contribution >= 0.6 is 11.6 Å². The number of ether oxygens (including phenoxy) is 1. The molecule has 0 heterocycles. The van der Waals surface area contributed by atoms with Crippen molar-refractivity contribution in [3.63, 3.8) is 0 Å². The molecule has 0 aliphatic carbocycles. The van der Waals surface area contributed by atoms with Crippen LogP contribution in [-0.4, -0.2) is 16.8 Å². The van der Waals surface area contributed by atoms with Crippen molar-refractivity contribution in [2.75, 3.05) is 6.61 Å². The number of hydrogen-bond acceptors (Lipinski definition) is 3. The molecule has 22 heavy (non-hydrogen) atoms. The molecule has 2 N–H and O–H groups in total. The molecule has 3 nitrogen and oxygen atoms in total. The van der Waals surface area contributed by atoms with Crippen molar-refractivity contribution in [3.05, 3.63) is 65.1 Å². The molecule has 0 aromatic heterocycles. The Hall–Kier alpha value is -1.87. The fourth-order valence-corrected chi connectivity index (χ4v) is 2.08. The summed E-state index contributed by atoms with van der Waals surface area (Å²) < 4.78 is 5.68. The van der Waals surface area contributed by atoms with E-state index >= 15 is 0 Å². The molecular weight excluding hydrogens is 300 g/mol. The average Bonchev–Trinajstić information content (AvgIpc) is 2.52. The summed E-state index contributed by atoms with van der Waals surface area (Å²) in [6, 6.07) is 5.23. The van der Waals surface area contributed by atoms with Crippen molar-refractivity contribution >= 4 is 11.6 Å². The van der Waals surface area contributed by atoms with Crippen LogP contribution in [-0.2, 0) is 4.74 Å². The van der Waals surface area contributed by atoms with Crippen LogP contribution < -0.4 is 0 Å². The van der Waals surface area contributed by atoms with Gasteiger partial charge in [-0.1, -0.05) is 38.1 Å². The molecule has 0 bridgehead atoms. The summed E-state index contributed by atoms with van der Waals surface area (Å²) in [5.74, 6) is 1.18. The standard InChI is InChI=1S/C18H23ClO3/c1-5-15(20)10-16(6-2)22-11-12(3)13(4)14-7-8-18(21)17(19)9-14/h5-10,12-13,20-21H,2,11H2,1,3-4H3/b15-5+,16-10+. The SMILES string of the molecule is C=C/C(=C\C(O)=C/C)OCC(C)C(C)c1ccc(O)c(Cl)c1. The number of benzene rings is 1. The normalized spacial score (nSPS) is 15.3. The molecule has 1 aromatic carbocycles. The second-order valence-corrected chi connectivity index (χ2v) is 5.66. The highest BCUT2D eigenvalue weighted by molar-refractivity contribution is 6.32. The highest BCUT2D eigenvalue weighted by Crippen LogP contribution is 2.31. The molecule has 1 aromatic rings. The van der Waals surface area contributed by atoms with Gasteiger partial charge >= 0.3 is 0 Å². The predicted octanol–water partition coefficient (Wildman–Crippen LogP) is 5.33. The average molecular weight is 323 g/mol. The van der Waals surface area contributed by atoms with E-state index in [-0.39, 0.29) is 23.3 Å². The van der Waals surface area contributed by atoms with E-state index in [0.29, 0.717) is 17.4 Å². The summed E-state index contributed by atoms with van der Waals surface area (Å²) in [5.41, 5.74) is 1.04. The van der Waals surface area contributed by atoms with Gasteiger partial charge in [-0.25, -0.2) is 0 Å². The molecule has 0 saturated heterocycles. The van der Waals surface area contributed by atoms with Gasteiger partial charge in [-0.05, 0) is 48.6 Å². The topological polar surface area (TPSA) is 49.7 Å². The Labute approximate surface area is 137 Å². The highest BCUT2D eigenvalue weighted by atomic mass is 35.5. The van der Waals surface area contributed by atoms with Crippen LogP contribution in [0.1, 0.15) is 32.3 Å². The molecule has 0 aliphatic heterocycles. The third-order valence-corrected chi connectivity index (χ3v) is 3.95. The van der Waals surface area contributed by atoms with Gasteiger partial charge in [-0.2, -0.15) is 0 Å². The van der Waals surface area contributed by atoms with Crippen LogP contribution in [0, 0.1) is 5.92 Å². The number of aromatic hydroxyl groups is 1. The number of aliphatic hydroxyl groups excluding tert-OH is 1. The maximum atomic E-state index is 9.49. The van der Waals surface area contributed by atoms with Crippen LogP contribution in [0.3, 0.4) is 0 Å². The first-order valence-electron chi connectivity index (χ1n) is 7.19. The van der Waals surface area contributed by atoms with Gasteiger partial charge in [0.2, 0.25) is 0 Å². The summed E-state index contributed by atoms with van der Waals surface area (Å²) in [5, 5.41) is 19.3. The molecular formula is C18H23ClO3. The second-order valence-electron chi connectivity index (χ2n) is 5.25. The zero-order valence-corrected chi connectivity index (χ0v) is 14.0. The van der Waals surface area contributed by atoms with Crippen molar-refractivity contribution in [2.24, 2.45) is 5.92 Å². The third kappa shape index (κ3) is 5.15. The lowest BCUT2D eigenvalue weighted by Gasteiger charge is -2.21. The summed E-state index contributed by atoms with van der Waals surface area (Å²) in [6.07, 6.45) is 4.67. The Bertz CT molecular complexity index is 576. The number of aliphatic hydroxyl groups is 1. The maximum Gasteiger partial charge on any atom is 0.134 e. The molecule has 0 radical (unpaired) electrons. The molecule has 0 saturated carbocycles. The van der Waals surface area contributed by atoms with Crippen LogP contribution in [0.25, 0.3) is 0 Å². The van der Waals surface area contributed by atoms with Crippen LogP contribution in [0.2, 0.25) is 5.02 Å². The predicted molar refractivity (Wildman–Crippen MR) is 91.3 cm³/mol. The van der Waals surface area contributed by atoms with Gasteiger partial charge in [0.25, 0.3) is 0 Å². The molecule has 4 heteroatoms. The molecule has 0 spiro atoms. The quantitative estimate of drug-likeness (QED) is 0.526. The van der Waals surface area contributed by atoms with E-state index in [1.807, 2.05) is 6.07 Å². The summed E-state index contributed by atoms with van der Waals surface area (Å²) in [4.78, 5) is 0. The number of phenolic OH excluding ortho intramolecular Hbond substituents is 1. The zero-order valence-electron chi connectivity index (χ0n) is 13.2. The number of rotatable bonds is 7. The second kappa shape index (κ2) is 8.54. The molecule has 120 valence electrons. The van der Waals surface area contributed by atoms with Gasteiger partial charge < -0.3 is 14.9 Å². The van der Waals surface area contributed by atoms with E-state index in [0.717, 1.165) is 5.56 Å². The largest absolute Gasteiger partial charge is 0.508 e. The van der Waals surface area contributed by atoms with Gasteiger partial charge in [0.1, 0.15) is 17.3 Å². The lowest BCUT2D eigenvalue weighted by atomic mass is 9.89. The van der Waals surface area contributed by atoms with Gasteiger partial charge in [0, 0.05) is 6.08 Å². The number of phenols is 1. The van der Waals surface area contributed by atoms with E-state index < -0.39 is 0 Å². The monoisotopic (exact) mass is 322 g/mol. The first-order chi connectivity index (χ1) is 10.4. The lowest BCUT2D eigenvalue weighted by molar-refractivity contribution is 0.169. The van der Waals surface area contributed by atoms with E-state index in [9.17, 15) is 10.2 Å². The summed E-state index contributed by atoms with van der Waals surface area (Å²) >= 11 is 5.95. The Balaban J connectivity index is 2.71. The first kappa shape index (κ1) is 18.2. The van der Waals surface area contributed by atoms with Crippen LogP contribution in [0.5, 0.6) is 5.75 Å². The van der Waals surface area contributed by atoms with Gasteiger partial charge in [-0.3, -0.25) is 0 Å². The number of allylic oxidation sites excluding steroid dienone is 3. The molecule has 0 aliphatic rings. The van der Waals surface area contributed by atoms with E-state index in [2.05, 4.69) is 20.4 Å². The van der Waals surface area contributed by atoms with Crippen molar-refractivity contribution in [2.45, 2.75) is 26.7 Å². The van der Waals surface area contributed by atoms with Gasteiger partial charge in [0.15, 0.2) is 0 Å². The summed E-state index contributed by atoms with van der Waals surface area (Å²) in [6.45, 7) is 10.0. The fourth-order valence-electron chi connectivity index (χ4n) is 1.90. The van der Waals surface area contributed by atoms with Crippen molar-refractivity contribution in [1.29, 1.82) is 0 Å². The Kier molecular flexibility index (Phi) is 7.06. The molecule has 0 amide bonds. The minimum Gasteiger partial charge on any atom is -0.508 e. The van der Waals surface area contributed by atoms with E-state index in [1.165, 1.54) is 6.08 Å². The molecule has 1 rings (SSSR count). The van der Waals surface area contributed by atoms with Gasteiger partial charge in [-0.15, -0.1) is 0 Å². The number of halogens is 1.